The molecule has 1 saturated carbocycles. The normalized spacial score (nSPS) is 22.2. The summed E-state index contributed by atoms with van der Waals surface area (Å²) in [4.78, 5) is 26.2. The van der Waals surface area contributed by atoms with Crippen LogP contribution in [0.3, 0.4) is 0 Å². The smallest absolute Gasteiger partial charge is 0.225 e. The molecule has 2 amide bonds. The average Bonchev–Trinajstić information content (AvgIpc) is 3.27. The Hall–Kier alpha value is -2.04. The van der Waals surface area contributed by atoms with Crippen molar-refractivity contribution in [3.05, 3.63) is 29.8 Å². The van der Waals surface area contributed by atoms with Crippen LogP contribution in [0.4, 0.5) is 0 Å². The molecule has 0 aromatic heterocycles. The molecule has 136 valence electrons. The topological polar surface area (TPSA) is 58.6 Å². The van der Waals surface area contributed by atoms with Gasteiger partial charge in [0.25, 0.3) is 0 Å². The molecule has 1 heterocycles. The van der Waals surface area contributed by atoms with Crippen LogP contribution in [0.25, 0.3) is 0 Å². The van der Waals surface area contributed by atoms with E-state index in [2.05, 4.69) is 17.4 Å². The fraction of sp³-hybridized carbons (Fsp3) is 0.600. The highest BCUT2D eigenvalue weighted by Gasteiger charge is 2.38. The Morgan fingerprint density at radius 2 is 1.96 bits per heavy atom. The minimum atomic E-state index is -0.207. The van der Waals surface area contributed by atoms with E-state index in [-0.39, 0.29) is 23.1 Å². The quantitative estimate of drug-likeness (QED) is 0.862. The van der Waals surface area contributed by atoms with E-state index in [1.54, 1.807) is 12.0 Å². The third-order valence-corrected chi connectivity index (χ3v) is 5.83. The van der Waals surface area contributed by atoms with Crippen LogP contribution in [0, 0.1) is 5.92 Å². The fourth-order valence-electron chi connectivity index (χ4n) is 4.22. The number of nitrogens with zero attached hydrogens (tertiary/aromatic N) is 1. The lowest BCUT2D eigenvalue weighted by Crippen LogP contribution is -2.42. The summed E-state index contributed by atoms with van der Waals surface area (Å²) in [6.45, 7) is 3.83. The maximum atomic E-state index is 12.6. The molecule has 25 heavy (non-hydrogen) atoms. The van der Waals surface area contributed by atoms with Crippen LogP contribution in [0.1, 0.15) is 44.6 Å². The molecule has 1 aromatic carbocycles. The first-order valence-electron chi connectivity index (χ1n) is 9.28. The van der Waals surface area contributed by atoms with Gasteiger partial charge in [0.2, 0.25) is 11.8 Å². The van der Waals surface area contributed by atoms with Gasteiger partial charge in [-0.25, -0.2) is 0 Å². The summed E-state index contributed by atoms with van der Waals surface area (Å²) in [6, 6.07) is 8.22. The number of benzene rings is 1. The van der Waals surface area contributed by atoms with Gasteiger partial charge in [0, 0.05) is 31.5 Å². The van der Waals surface area contributed by atoms with Crippen LogP contribution < -0.4 is 10.1 Å². The van der Waals surface area contributed by atoms with E-state index in [1.807, 2.05) is 19.1 Å². The zero-order chi connectivity index (χ0) is 17.9. The predicted molar refractivity (Wildman–Crippen MR) is 96.5 cm³/mol. The maximum Gasteiger partial charge on any atom is 0.225 e. The number of ether oxygens (including phenoxy) is 1. The largest absolute Gasteiger partial charge is 0.497 e. The van der Waals surface area contributed by atoms with Gasteiger partial charge in [-0.15, -0.1) is 0 Å². The van der Waals surface area contributed by atoms with Crippen LogP contribution in [0.2, 0.25) is 0 Å². The first-order valence-corrected chi connectivity index (χ1v) is 9.28. The van der Waals surface area contributed by atoms with Gasteiger partial charge in [-0.1, -0.05) is 25.0 Å². The second-order valence-electron chi connectivity index (χ2n) is 7.27. The van der Waals surface area contributed by atoms with Crippen LogP contribution >= 0.6 is 0 Å². The molecular formula is C20H28N2O3. The van der Waals surface area contributed by atoms with Gasteiger partial charge in [0.1, 0.15) is 5.75 Å². The van der Waals surface area contributed by atoms with Crippen molar-refractivity contribution in [2.75, 3.05) is 26.7 Å². The van der Waals surface area contributed by atoms with E-state index < -0.39 is 0 Å². The van der Waals surface area contributed by atoms with Crippen LogP contribution in [0.15, 0.2) is 24.3 Å². The van der Waals surface area contributed by atoms with E-state index >= 15 is 0 Å². The van der Waals surface area contributed by atoms with E-state index in [9.17, 15) is 9.59 Å². The minimum absolute atomic E-state index is 0.00892. The van der Waals surface area contributed by atoms with Crippen molar-refractivity contribution in [3.8, 4) is 5.75 Å². The molecule has 1 aliphatic heterocycles. The van der Waals surface area contributed by atoms with Crippen LogP contribution in [-0.2, 0) is 15.0 Å². The highest BCUT2D eigenvalue weighted by molar-refractivity contribution is 5.89. The van der Waals surface area contributed by atoms with Crippen molar-refractivity contribution in [2.45, 2.75) is 44.4 Å². The number of rotatable bonds is 6. The second kappa shape index (κ2) is 7.46. The highest BCUT2D eigenvalue weighted by atomic mass is 16.5. The molecule has 1 atom stereocenters. The molecule has 0 radical (unpaired) electrons. The number of hydrogen-bond acceptors (Lipinski definition) is 3. The van der Waals surface area contributed by atoms with Gasteiger partial charge in [-0.3, -0.25) is 9.59 Å². The van der Waals surface area contributed by atoms with Crippen molar-refractivity contribution in [1.82, 2.24) is 10.2 Å². The molecule has 2 aliphatic rings. The number of hydrogen-bond donors (Lipinski definition) is 1. The molecule has 2 fully saturated rings. The first-order chi connectivity index (χ1) is 12.1. The zero-order valence-electron chi connectivity index (χ0n) is 15.2. The molecule has 3 rings (SSSR count). The number of methoxy groups -OCH3 is 1. The van der Waals surface area contributed by atoms with E-state index in [4.69, 9.17) is 4.74 Å². The van der Waals surface area contributed by atoms with Gasteiger partial charge < -0.3 is 15.0 Å². The number of amides is 2. The Labute approximate surface area is 149 Å². The number of nitrogens with one attached hydrogen (secondary N) is 1. The van der Waals surface area contributed by atoms with Crippen molar-refractivity contribution in [3.63, 3.8) is 0 Å². The lowest BCUT2D eigenvalue weighted by atomic mass is 9.78. The number of likely N-dealkylation sites (tertiary alicyclic amines) is 1. The lowest BCUT2D eigenvalue weighted by molar-refractivity contribution is -0.128. The highest BCUT2D eigenvalue weighted by Crippen LogP contribution is 2.41. The molecule has 1 aromatic rings. The minimum Gasteiger partial charge on any atom is -0.497 e. The Balaban J connectivity index is 1.66. The Morgan fingerprint density at radius 3 is 2.52 bits per heavy atom. The lowest BCUT2D eigenvalue weighted by Gasteiger charge is -2.30. The SMILES string of the molecule is CCN1CC(C(=O)NCC2(c3ccc(OC)cc3)CCCC2)CC1=O. The second-order valence-corrected chi connectivity index (χ2v) is 7.27. The number of carbonyl (C=O) groups is 2. The van der Waals surface area contributed by atoms with E-state index in [0.717, 1.165) is 18.6 Å². The van der Waals surface area contributed by atoms with Gasteiger partial charge in [0.15, 0.2) is 0 Å². The molecule has 0 spiro atoms. The molecule has 1 aliphatic carbocycles. The fourth-order valence-corrected chi connectivity index (χ4v) is 4.22. The van der Waals surface area contributed by atoms with Crippen LogP contribution in [0.5, 0.6) is 5.75 Å². The molecular weight excluding hydrogens is 316 g/mol. The van der Waals surface area contributed by atoms with Crippen molar-refractivity contribution < 1.29 is 14.3 Å². The first kappa shape index (κ1) is 17.8. The summed E-state index contributed by atoms with van der Waals surface area (Å²) < 4.78 is 5.25. The Morgan fingerprint density at radius 1 is 1.28 bits per heavy atom. The third-order valence-electron chi connectivity index (χ3n) is 5.83. The molecule has 5 heteroatoms. The van der Waals surface area contributed by atoms with Gasteiger partial charge in [-0.05, 0) is 37.5 Å². The van der Waals surface area contributed by atoms with Crippen LogP contribution in [-0.4, -0.2) is 43.5 Å². The van der Waals surface area contributed by atoms with Gasteiger partial charge >= 0.3 is 0 Å². The van der Waals surface area contributed by atoms with E-state index in [0.29, 0.717) is 26.1 Å². The molecule has 1 unspecified atom stereocenters. The van der Waals surface area contributed by atoms with Gasteiger partial charge in [0.05, 0.1) is 13.0 Å². The summed E-state index contributed by atoms with van der Waals surface area (Å²) in [7, 11) is 1.67. The summed E-state index contributed by atoms with van der Waals surface area (Å²) in [5.74, 6) is 0.754. The monoisotopic (exact) mass is 344 g/mol. The van der Waals surface area contributed by atoms with Gasteiger partial charge in [-0.2, -0.15) is 0 Å². The molecule has 0 bridgehead atoms. The third kappa shape index (κ3) is 3.65. The maximum absolute atomic E-state index is 12.6. The van der Waals surface area contributed by atoms with Crippen molar-refractivity contribution >= 4 is 11.8 Å². The summed E-state index contributed by atoms with van der Waals surface area (Å²) in [6.07, 6.45) is 4.89. The standard InChI is InChI=1S/C20H28N2O3/c1-3-22-13-15(12-18(22)23)19(24)21-14-20(10-4-5-11-20)16-6-8-17(25-2)9-7-16/h6-9,15H,3-5,10-14H2,1-2H3,(H,21,24). The molecule has 5 nitrogen and oxygen atoms in total. The summed E-state index contributed by atoms with van der Waals surface area (Å²) in [5, 5.41) is 3.15. The average molecular weight is 344 g/mol. The summed E-state index contributed by atoms with van der Waals surface area (Å²) in [5.41, 5.74) is 1.28. The van der Waals surface area contributed by atoms with E-state index in [1.165, 1.54) is 18.4 Å². The Bertz CT molecular complexity index is 620. The summed E-state index contributed by atoms with van der Waals surface area (Å²) >= 11 is 0. The number of carbonyl (C=O) groups excluding carboxylic acids is 2. The zero-order valence-corrected chi connectivity index (χ0v) is 15.2. The predicted octanol–water partition coefficient (Wildman–Crippen LogP) is 2.49. The Kier molecular flexibility index (Phi) is 5.30. The van der Waals surface area contributed by atoms with Crippen molar-refractivity contribution in [2.24, 2.45) is 5.92 Å². The van der Waals surface area contributed by atoms with Crippen molar-refractivity contribution in [1.29, 1.82) is 0 Å². The molecule has 1 N–H and O–H groups in total. The molecule has 1 saturated heterocycles.